The smallest absolute Gasteiger partial charge is 0.341 e. The number of ether oxygens (including phenoxy) is 1. The number of benzene rings is 1. The lowest BCUT2D eigenvalue weighted by Crippen LogP contribution is -2.10. The molecule has 6 heteroatoms. The van der Waals surface area contributed by atoms with Gasteiger partial charge in [0, 0.05) is 15.3 Å². The molecule has 0 aliphatic heterocycles. The predicted octanol–water partition coefficient (Wildman–Crippen LogP) is 3.38. The third-order valence-corrected chi connectivity index (χ3v) is 4.50. The lowest BCUT2D eigenvalue weighted by molar-refractivity contribution is 0.0598. The summed E-state index contributed by atoms with van der Waals surface area (Å²) in [5.74, 6) is -0.527. The molecule has 0 radical (unpaired) electrons. The van der Waals surface area contributed by atoms with E-state index in [1.54, 1.807) is 0 Å². The van der Waals surface area contributed by atoms with Gasteiger partial charge in [-0.1, -0.05) is 6.07 Å². The van der Waals surface area contributed by atoms with E-state index in [2.05, 4.69) is 6.07 Å². The van der Waals surface area contributed by atoms with Crippen LogP contribution in [0, 0.1) is 11.3 Å². The van der Waals surface area contributed by atoms with Crippen LogP contribution in [-0.4, -0.2) is 19.3 Å². The topological polar surface area (TPSA) is 76.1 Å². The molecule has 2 N–H and O–H groups in total. The molecule has 2 aromatic rings. The van der Waals surface area contributed by atoms with Gasteiger partial charge in [0.05, 0.1) is 23.9 Å². The zero-order valence-electron chi connectivity index (χ0n) is 11.0. The van der Waals surface area contributed by atoms with Gasteiger partial charge in [0.2, 0.25) is 0 Å². The van der Waals surface area contributed by atoms with Crippen molar-refractivity contribution in [2.45, 2.75) is 4.90 Å². The molecule has 0 aliphatic rings. The Kier molecular flexibility index (Phi) is 4.32. The summed E-state index contributed by atoms with van der Waals surface area (Å²) in [7, 11) is 1.30. The van der Waals surface area contributed by atoms with Crippen LogP contribution in [0.3, 0.4) is 0 Å². The molecule has 0 saturated carbocycles. The predicted molar refractivity (Wildman–Crippen MR) is 82.0 cm³/mol. The number of thioether (sulfide) groups is 1. The number of carbonyl (C=O) groups excluding carboxylic acids is 1. The molecule has 0 unspecified atom stereocenters. The number of nitrogens with two attached hydrogens (primary N) is 1. The summed E-state index contributed by atoms with van der Waals surface area (Å²) in [5.41, 5.74) is 7.52. The highest BCUT2D eigenvalue weighted by Gasteiger charge is 2.22. The minimum atomic E-state index is -0.527. The number of carbonyl (C=O) groups is 1. The molecule has 0 atom stereocenters. The number of rotatable bonds is 3. The largest absolute Gasteiger partial charge is 0.465 e. The van der Waals surface area contributed by atoms with Crippen molar-refractivity contribution in [2.75, 3.05) is 19.1 Å². The van der Waals surface area contributed by atoms with Gasteiger partial charge in [0.25, 0.3) is 0 Å². The number of nitriles is 1. The van der Waals surface area contributed by atoms with Crippen LogP contribution in [0.2, 0.25) is 0 Å². The fourth-order valence-corrected chi connectivity index (χ4v) is 3.28. The average molecular weight is 304 g/mol. The lowest BCUT2D eigenvalue weighted by atomic mass is 10.0. The molecule has 0 fully saturated rings. The van der Waals surface area contributed by atoms with E-state index in [0.29, 0.717) is 10.5 Å². The maximum absolute atomic E-state index is 11.9. The molecule has 1 heterocycles. The van der Waals surface area contributed by atoms with E-state index in [1.165, 1.54) is 30.2 Å². The number of thiophene rings is 1. The van der Waals surface area contributed by atoms with Crippen molar-refractivity contribution in [1.82, 2.24) is 0 Å². The SMILES string of the molecule is COC(=O)c1c(SC)cc(-c2cccs2)c(C#N)c1N. The highest BCUT2D eigenvalue weighted by atomic mass is 32.2. The van der Waals surface area contributed by atoms with Crippen molar-refractivity contribution in [2.24, 2.45) is 0 Å². The summed E-state index contributed by atoms with van der Waals surface area (Å²) in [6.45, 7) is 0. The van der Waals surface area contributed by atoms with Gasteiger partial charge in [0.1, 0.15) is 6.07 Å². The van der Waals surface area contributed by atoms with E-state index in [0.717, 1.165) is 10.4 Å². The molecule has 0 spiro atoms. The summed E-state index contributed by atoms with van der Waals surface area (Å²) in [6.07, 6.45) is 1.85. The van der Waals surface area contributed by atoms with Crippen molar-refractivity contribution in [1.29, 1.82) is 5.26 Å². The lowest BCUT2D eigenvalue weighted by Gasteiger charge is -2.13. The molecule has 0 amide bonds. The molecular weight excluding hydrogens is 292 g/mol. The Morgan fingerprint density at radius 3 is 2.80 bits per heavy atom. The Labute approximate surface area is 125 Å². The summed E-state index contributed by atoms with van der Waals surface area (Å²) < 4.78 is 4.75. The first-order chi connectivity index (χ1) is 9.63. The Bertz CT molecular complexity index is 688. The van der Waals surface area contributed by atoms with Crippen molar-refractivity contribution in [3.63, 3.8) is 0 Å². The van der Waals surface area contributed by atoms with Crippen LogP contribution in [0.15, 0.2) is 28.5 Å². The van der Waals surface area contributed by atoms with Gasteiger partial charge < -0.3 is 10.5 Å². The van der Waals surface area contributed by atoms with E-state index in [-0.39, 0.29) is 11.3 Å². The standard InChI is InChI=1S/C14H12N2O2S2/c1-18-14(17)12-11(19-2)6-8(9(7-15)13(12)16)10-4-3-5-20-10/h3-6H,16H2,1-2H3. The quantitative estimate of drug-likeness (QED) is 0.534. The minimum absolute atomic E-state index is 0.176. The zero-order valence-corrected chi connectivity index (χ0v) is 12.6. The number of anilines is 1. The highest BCUT2D eigenvalue weighted by Crippen LogP contribution is 2.38. The average Bonchev–Trinajstić information content (AvgIpc) is 2.99. The summed E-state index contributed by atoms with van der Waals surface area (Å²) in [4.78, 5) is 13.5. The van der Waals surface area contributed by atoms with Gasteiger partial charge in [-0.2, -0.15) is 5.26 Å². The van der Waals surface area contributed by atoms with E-state index in [1.807, 2.05) is 29.8 Å². The molecule has 102 valence electrons. The number of hydrogen-bond donors (Lipinski definition) is 1. The van der Waals surface area contributed by atoms with Gasteiger partial charge in [-0.3, -0.25) is 0 Å². The van der Waals surface area contributed by atoms with Crippen molar-refractivity contribution < 1.29 is 9.53 Å². The number of hydrogen-bond acceptors (Lipinski definition) is 6. The van der Waals surface area contributed by atoms with E-state index in [4.69, 9.17) is 10.5 Å². The van der Waals surface area contributed by atoms with Crippen LogP contribution in [0.4, 0.5) is 5.69 Å². The fraction of sp³-hybridized carbons (Fsp3) is 0.143. The summed E-state index contributed by atoms with van der Waals surface area (Å²) in [5, 5.41) is 11.3. The second-order valence-corrected chi connectivity index (χ2v) is 5.67. The highest BCUT2D eigenvalue weighted by molar-refractivity contribution is 7.98. The Balaban J connectivity index is 2.78. The molecule has 1 aromatic carbocycles. The monoisotopic (exact) mass is 304 g/mol. The normalized spacial score (nSPS) is 10.1. The van der Waals surface area contributed by atoms with Crippen LogP contribution in [0.25, 0.3) is 10.4 Å². The first-order valence-corrected chi connectivity index (χ1v) is 7.77. The molecular formula is C14H12N2O2S2. The van der Waals surface area contributed by atoms with Crippen molar-refractivity contribution in [3.05, 3.63) is 34.7 Å². The maximum Gasteiger partial charge on any atom is 0.341 e. The third kappa shape index (κ3) is 2.38. The number of esters is 1. The van der Waals surface area contributed by atoms with Gasteiger partial charge in [-0.05, 0) is 23.8 Å². The van der Waals surface area contributed by atoms with Gasteiger partial charge in [-0.15, -0.1) is 23.1 Å². The number of methoxy groups -OCH3 is 1. The van der Waals surface area contributed by atoms with Crippen molar-refractivity contribution in [3.8, 4) is 16.5 Å². The second kappa shape index (κ2) is 5.99. The molecule has 1 aromatic heterocycles. The fourth-order valence-electron chi connectivity index (χ4n) is 1.90. The van der Waals surface area contributed by atoms with Gasteiger partial charge in [-0.25, -0.2) is 4.79 Å². The first kappa shape index (κ1) is 14.4. The Hall–Kier alpha value is -1.97. The molecule has 0 aliphatic carbocycles. The van der Waals surface area contributed by atoms with Crippen molar-refractivity contribution >= 4 is 34.8 Å². The van der Waals surface area contributed by atoms with Crippen LogP contribution < -0.4 is 5.73 Å². The van der Waals surface area contributed by atoms with E-state index < -0.39 is 5.97 Å². The second-order valence-electron chi connectivity index (χ2n) is 3.87. The third-order valence-electron chi connectivity index (χ3n) is 2.84. The number of nitrogen functional groups attached to an aromatic ring is 1. The molecule has 2 rings (SSSR count). The number of nitrogens with zero attached hydrogens (tertiary/aromatic N) is 1. The van der Waals surface area contributed by atoms with Crippen LogP contribution in [-0.2, 0) is 4.74 Å². The Morgan fingerprint density at radius 2 is 2.30 bits per heavy atom. The van der Waals surface area contributed by atoms with E-state index >= 15 is 0 Å². The molecule has 20 heavy (non-hydrogen) atoms. The van der Waals surface area contributed by atoms with Crippen LogP contribution >= 0.6 is 23.1 Å². The molecule has 0 saturated heterocycles. The van der Waals surface area contributed by atoms with Gasteiger partial charge in [0.15, 0.2) is 0 Å². The molecule has 4 nitrogen and oxygen atoms in total. The molecule has 0 bridgehead atoms. The maximum atomic E-state index is 11.9. The minimum Gasteiger partial charge on any atom is -0.465 e. The van der Waals surface area contributed by atoms with E-state index in [9.17, 15) is 10.1 Å². The van der Waals surface area contributed by atoms with Crippen LogP contribution in [0.5, 0.6) is 0 Å². The summed E-state index contributed by atoms with van der Waals surface area (Å²) in [6, 6.07) is 7.73. The zero-order chi connectivity index (χ0) is 14.7. The summed E-state index contributed by atoms with van der Waals surface area (Å²) >= 11 is 2.92. The Morgan fingerprint density at radius 1 is 1.55 bits per heavy atom. The van der Waals surface area contributed by atoms with Crippen LogP contribution in [0.1, 0.15) is 15.9 Å². The first-order valence-electron chi connectivity index (χ1n) is 5.66. The van der Waals surface area contributed by atoms with Gasteiger partial charge >= 0.3 is 5.97 Å².